The second kappa shape index (κ2) is 5.34. The number of hydrogen-bond donors (Lipinski definition) is 2. The summed E-state index contributed by atoms with van der Waals surface area (Å²) in [5, 5.41) is 3.33. The maximum atomic E-state index is 11.8. The van der Waals surface area contributed by atoms with Crippen LogP contribution in [0.4, 0.5) is 5.69 Å². The van der Waals surface area contributed by atoms with Crippen molar-refractivity contribution < 1.29 is 4.79 Å². The van der Waals surface area contributed by atoms with Crippen molar-refractivity contribution in [3.8, 4) is 0 Å². The number of rotatable bonds is 2. The van der Waals surface area contributed by atoms with Crippen LogP contribution in [-0.4, -0.2) is 21.0 Å². The van der Waals surface area contributed by atoms with Crippen LogP contribution in [0.25, 0.3) is 6.08 Å². The lowest BCUT2D eigenvalue weighted by Crippen LogP contribution is -2.19. The van der Waals surface area contributed by atoms with Crippen molar-refractivity contribution in [1.82, 2.24) is 15.3 Å². The summed E-state index contributed by atoms with van der Waals surface area (Å²) in [6, 6.07) is 7.82. The van der Waals surface area contributed by atoms with Gasteiger partial charge in [-0.1, -0.05) is 12.1 Å². The van der Waals surface area contributed by atoms with Crippen LogP contribution < -0.4 is 5.32 Å². The van der Waals surface area contributed by atoms with Gasteiger partial charge in [0.2, 0.25) is 0 Å². The van der Waals surface area contributed by atoms with Gasteiger partial charge in [-0.15, -0.1) is 0 Å². The minimum absolute atomic E-state index is 0.155. The molecule has 0 atom stereocenters. The maximum Gasteiger partial charge on any atom is 0.264 e. The topological polar surface area (TPSA) is 70.1 Å². The molecule has 1 saturated heterocycles. The summed E-state index contributed by atoms with van der Waals surface area (Å²) in [4.78, 5) is 23.9. The first-order valence-corrected chi connectivity index (χ1v) is 6.88. The Bertz CT molecular complexity index is 704. The van der Waals surface area contributed by atoms with Crippen LogP contribution in [0.1, 0.15) is 11.4 Å². The molecule has 2 aromatic rings. The minimum atomic E-state index is -0.155. The van der Waals surface area contributed by atoms with Gasteiger partial charge < -0.3 is 10.3 Å². The van der Waals surface area contributed by atoms with Crippen LogP contribution in [0.2, 0.25) is 0 Å². The Labute approximate surface area is 120 Å². The van der Waals surface area contributed by atoms with E-state index < -0.39 is 0 Å². The number of nitrogens with zero attached hydrogens (tertiary/aromatic N) is 2. The van der Waals surface area contributed by atoms with Crippen LogP contribution in [-0.2, 0) is 4.79 Å². The molecule has 2 heterocycles. The molecule has 5 nitrogen and oxygen atoms in total. The highest BCUT2D eigenvalue weighted by Crippen LogP contribution is 2.27. The molecule has 1 fully saturated rings. The molecular weight excluding hydrogens is 272 g/mol. The van der Waals surface area contributed by atoms with Crippen molar-refractivity contribution >= 4 is 34.6 Å². The number of amidine groups is 1. The number of thioether (sulfide) groups is 1. The van der Waals surface area contributed by atoms with Crippen LogP contribution in [0, 0.1) is 6.92 Å². The van der Waals surface area contributed by atoms with E-state index in [-0.39, 0.29) is 5.91 Å². The number of hydrogen-bond acceptors (Lipinski definition) is 4. The number of H-pyrrole nitrogens is 1. The number of benzene rings is 1. The van der Waals surface area contributed by atoms with E-state index in [0.29, 0.717) is 15.9 Å². The molecule has 3 rings (SSSR count). The van der Waals surface area contributed by atoms with Crippen LogP contribution >= 0.6 is 11.8 Å². The van der Waals surface area contributed by atoms with E-state index in [0.717, 1.165) is 11.3 Å². The number of aromatic nitrogens is 2. The molecule has 0 bridgehead atoms. The van der Waals surface area contributed by atoms with Gasteiger partial charge in [-0.05, 0) is 36.4 Å². The fraction of sp³-hybridized carbons (Fsp3) is 0.0714. The Morgan fingerprint density at radius 3 is 3.05 bits per heavy atom. The molecule has 1 aromatic carbocycles. The van der Waals surface area contributed by atoms with E-state index >= 15 is 0 Å². The van der Waals surface area contributed by atoms with Crippen molar-refractivity contribution in [1.29, 1.82) is 0 Å². The van der Waals surface area contributed by atoms with E-state index in [1.807, 2.05) is 31.2 Å². The fourth-order valence-electron chi connectivity index (χ4n) is 1.78. The number of imidazole rings is 1. The number of amides is 1. The Morgan fingerprint density at radius 1 is 1.40 bits per heavy atom. The fourth-order valence-corrected chi connectivity index (χ4v) is 2.59. The van der Waals surface area contributed by atoms with Gasteiger partial charge in [0.05, 0.1) is 10.6 Å². The molecule has 0 radical (unpaired) electrons. The zero-order chi connectivity index (χ0) is 13.9. The van der Waals surface area contributed by atoms with Gasteiger partial charge in [-0.2, -0.15) is 0 Å². The smallest absolute Gasteiger partial charge is 0.264 e. The highest BCUT2D eigenvalue weighted by molar-refractivity contribution is 8.18. The second-order valence-corrected chi connectivity index (χ2v) is 5.33. The molecule has 0 spiro atoms. The number of aliphatic imine (C=N–C) groups is 1. The summed E-state index contributed by atoms with van der Waals surface area (Å²) in [7, 11) is 0. The summed E-state index contributed by atoms with van der Waals surface area (Å²) >= 11 is 1.31. The first-order chi connectivity index (χ1) is 9.70. The monoisotopic (exact) mass is 284 g/mol. The first-order valence-electron chi connectivity index (χ1n) is 6.06. The largest absolute Gasteiger partial charge is 0.345 e. The summed E-state index contributed by atoms with van der Waals surface area (Å²) in [6.45, 7) is 2.01. The van der Waals surface area contributed by atoms with Gasteiger partial charge in [0, 0.05) is 18.5 Å². The van der Waals surface area contributed by atoms with Crippen molar-refractivity contribution in [2.75, 3.05) is 0 Å². The number of carbonyl (C=O) groups is 1. The molecule has 1 aliphatic heterocycles. The molecule has 0 unspecified atom stereocenters. The molecule has 2 N–H and O–H groups in total. The summed E-state index contributed by atoms with van der Waals surface area (Å²) < 4.78 is 0. The van der Waals surface area contributed by atoms with Gasteiger partial charge >= 0.3 is 0 Å². The van der Waals surface area contributed by atoms with E-state index in [1.54, 1.807) is 18.5 Å². The molecule has 1 amide bonds. The number of aryl methyl sites for hydroxylation is 1. The third kappa shape index (κ3) is 2.80. The summed E-state index contributed by atoms with van der Waals surface area (Å²) in [6.07, 6.45) is 5.07. The van der Waals surface area contributed by atoms with Gasteiger partial charge in [0.25, 0.3) is 5.91 Å². The van der Waals surface area contributed by atoms with E-state index in [4.69, 9.17) is 0 Å². The molecule has 0 aliphatic carbocycles. The standard InChI is InChI=1S/C14H12N4OS/c1-9-3-2-4-10(7-9)17-14-18-13(19)11(20-14)8-12-15-5-6-16-12/h2-8H,1H3,(H,15,16)(H,17,18,19)/b11-8+. The lowest BCUT2D eigenvalue weighted by atomic mass is 10.2. The normalized spacial score (nSPS) is 18.8. The van der Waals surface area contributed by atoms with Crippen molar-refractivity contribution in [3.05, 3.63) is 53.0 Å². The Morgan fingerprint density at radius 2 is 2.30 bits per heavy atom. The third-order valence-electron chi connectivity index (χ3n) is 2.67. The zero-order valence-corrected chi connectivity index (χ0v) is 11.6. The minimum Gasteiger partial charge on any atom is -0.345 e. The average Bonchev–Trinajstić information content (AvgIpc) is 3.01. The SMILES string of the molecule is Cc1cccc(N=C2NC(=O)/C(=C\c3ncc[nH]3)S2)c1. The molecule has 1 aliphatic rings. The molecule has 20 heavy (non-hydrogen) atoms. The molecule has 0 saturated carbocycles. The third-order valence-corrected chi connectivity index (χ3v) is 3.58. The Hall–Kier alpha value is -2.34. The average molecular weight is 284 g/mol. The maximum absolute atomic E-state index is 11.8. The summed E-state index contributed by atoms with van der Waals surface area (Å²) in [5.74, 6) is 0.497. The van der Waals surface area contributed by atoms with E-state index in [1.165, 1.54) is 11.8 Å². The molecule has 6 heteroatoms. The second-order valence-electron chi connectivity index (χ2n) is 4.30. The highest BCUT2D eigenvalue weighted by atomic mass is 32.2. The van der Waals surface area contributed by atoms with Gasteiger partial charge in [0.1, 0.15) is 5.82 Å². The van der Waals surface area contributed by atoms with E-state index in [9.17, 15) is 4.79 Å². The molecule has 1 aromatic heterocycles. The first kappa shape index (κ1) is 12.7. The van der Waals surface area contributed by atoms with Gasteiger partial charge in [-0.3, -0.25) is 4.79 Å². The van der Waals surface area contributed by atoms with Crippen LogP contribution in [0.15, 0.2) is 46.6 Å². The van der Waals surface area contributed by atoms with Crippen molar-refractivity contribution in [2.24, 2.45) is 4.99 Å². The van der Waals surface area contributed by atoms with Gasteiger partial charge in [0.15, 0.2) is 5.17 Å². The predicted molar refractivity (Wildman–Crippen MR) is 80.6 cm³/mol. The van der Waals surface area contributed by atoms with E-state index in [2.05, 4.69) is 20.3 Å². The summed E-state index contributed by atoms with van der Waals surface area (Å²) in [5.41, 5.74) is 1.96. The molecular formula is C14H12N4OS. The Kier molecular flexibility index (Phi) is 3.39. The Balaban J connectivity index is 1.83. The van der Waals surface area contributed by atoms with Gasteiger partial charge in [-0.25, -0.2) is 9.98 Å². The van der Waals surface area contributed by atoms with Crippen molar-refractivity contribution in [2.45, 2.75) is 6.92 Å². The quantitative estimate of drug-likeness (QED) is 0.833. The highest BCUT2D eigenvalue weighted by Gasteiger charge is 2.24. The number of aromatic amines is 1. The van der Waals surface area contributed by atoms with Crippen LogP contribution in [0.5, 0.6) is 0 Å². The van der Waals surface area contributed by atoms with Crippen LogP contribution in [0.3, 0.4) is 0 Å². The zero-order valence-electron chi connectivity index (χ0n) is 10.8. The lowest BCUT2D eigenvalue weighted by Gasteiger charge is -1.97. The predicted octanol–water partition coefficient (Wildman–Crippen LogP) is 2.61. The lowest BCUT2D eigenvalue weighted by molar-refractivity contribution is -0.115. The number of carbonyl (C=O) groups excluding carboxylic acids is 1. The molecule has 100 valence electrons. The van der Waals surface area contributed by atoms with Crippen molar-refractivity contribution in [3.63, 3.8) is 0 Å². The number of nitrogens with one attached hydrogen (secondary N) is 2.